The van der Waals surface area contributed by atoms with Crippen molar-refractivity contribution in [2.24, 2.45) is 0 Å². The highest BCUT2D eigenvalue weighted by atomic mass is 16.5. The summed E-state index contributed by atoms with van der Waals surface area (Å²) in [5.41, 5.74) is 5.61. The Morgan fingerprint density at radius 3 is 2.67 bits per heavy atom. The van der Waals surface area contributed by atoms with E-state index in [4.69, 9.17) is 10.5 Å². The lowest BCUT2D eigenvalue weighted by Gasteiger charge is -2.12. The molecule has 0 amide bonds. The maximum Gasteiger partial charge on any atom is 0.223 e. The van der Waals surface area contributed by atoms with Crippen molar-refractivity contribution in [3.05, 3.63) is 6.07 Å². The molecule has 0 fully saturated rings. The van der Waals surface area contributed by atoms with E-state index in [9.17, 15) is 5.11 Å². The molecule has 0 aliphatic heterocycles. The molecule has 1 unspecified atom stereocenters. The minimum absolute atomic E-state index is 0.194. The number of hydrogen-bond donors (Lipinski definition) is 4. The Balaban J connectivity index is 2.56. The van der Waals surface area contributed by atoms with Crippen LogP contribution in [0.4, 0.5) is 17.6 Å². The van der Waals surface area contributed by atoms with Gasteiger partial charge >= 0.3 is 0 Å². The minimum atomic E-state index is -0.585. The molecule has 18 heavy (non-hydrogen) atoms. The summed E-state index contributed by atoms with van der Waals surface area (Å²) >= 11 is 0. The number of hydrogen-bond acceptors (Lipinski definition) is 7. The predicted octanol–water partition coefficient (Wildman–Crippen LogP) is 0.300. The summed E-state index contributed by atoms with van der Waals surface area (Å²) in [5.74, 6) is 1.45. The zero-order chi connectivity index (χ0) is 13.4. The van der Waals surface area contributed by atoms with Crippen molar-refractivity contribution >= 4 is 17.6 Å². The standard InChI is InChI=1S/C11H21N5O2/c1-3-4-13-9-5-10(16-11(12)15-9)14-6-8(17)7-18-2/h5,8,17H,3-4,6-7H2,1-2H3,(H4,12,13,14,15,16). The highest BCUT2D eigenvalue weighted by molar-refractivity contribution is 5.50. The van der Waals surface area contributed by atoms with Gasteiger partial charge in [0.05, 0.1) is 12.7 Å². The molecule has 0 saturated heterocycles. The van der Waals surface area contributed by atoms with E-state index in [-0.39, 0.29) is 12.6 Å². The smallest absolute Gasteiger partial charge is 0.223 e. The molecular formula is C11H21N5O2. The maximum absolute atomic E-state index is 9.51. The number of rotatable bonds is 8. The van der Waals surface area contributed by atoms with E-state index in [1.165, 1.54) is 0 Å². The first-order valence-corrected chi connectivity index (χ1v) is 5.95. The van der Waals surface area contributed by atoms with E-state index < -0.39 is 6.10 Å². The van der Waals surface area contributed by atoms with Crippen LogP contribution in [-0.4, -0.2) is 48.0 Å². The molecule has 1 heterocycles. The number of anilines is 3. The quantitative estimate of drug-likeness (QED) is 0.529. The van der Waals surface area contributed by atoms with Crippen LogP contribution < -0.4 is 16.4 Å². The molecule has 1 aromatic heterocycles. The molecule has 7 nitrogen and oxygen atoms in total. The van der Waals surface area contributed by atoms with Gasteiger partial charge in [-0.3, -0.25) is 0 Å². The Morgan fingerprint density at radius 2 is 2.06 bits per heavy atom. The van der Waals surface area contributed by atoms with Crippen LogP contribution in [0.15, 0.2) is 6.07 Å². The molecule has 0 aromatic carbocycles. The molecule has 0 aliphatic rings. The Labute approximate surface area is 107 Å². The average Bonchev–Trinajstić information content (AvgIpc) is 2.34. The predicted molar refractivity (Wildman–Crippen MR) is 71.6 cm³/mol. The number of nitrogen functional groups attached to an aromatic ring is 1. The summed E-state index contributed by atoms with van der Waals surface area (Å²) in [4.78, 5) is 8.10. The van der Waals surface area contributed by atoms with Crippen LogP contribution in [0.1, 0.15) is 13.3 Å². The molecular weight excluding hydrogens is 234 g/mol. The summed E-state index contributed by atoms with van der Waals surface area (Å²) in [6.45, 7) is 3.51. The second-order valence-electron chi connectivity index (χ2n) is 3.91. The van der Waals surface area contributed by atoms with Crippen molar-refractivity contribution < 1.29 is 9.84 Å². The van der Waals surface area contributed by atoms with E-state index >= 15 is 0 Å². The van der Waals surface area contributed by atoms with Crippen molar-refractivity contribution in [1.82, 2.24) is 9.97 Å². The second kappa shape index (κ2) is 7.67. The normalized spacial score (nSPS) is 12.2. The molecule has 1 rings (SSSR count). The number of nitrogens with zero attached hydrogens (tertiary/aromatic N) is 2. The molecule has 0 bridgehead atoms. The van der Waals surface area contributed by atoms with Gasteiger partial charge in [-0.2, -0.15) is 9.97 Å². The first-order chi connectivity index (χ1) is 8.65. The van der Waals surface area contributed by atoms with Gasteiger partial charge in [-0.15, -0.1) is 0 Å². The lowest BCUT2D eigenvalue weighted by atomic mass is 10.3. The van der Waals surface area contributed by atoms with E-state index in [0.717, 1.165) is 13.0 Å². The zero-order valence-corrected chi connectivity index (χ0v) is 10.8. The van der Waals surface area contributed by atoms with Crippen LogP contribution in [0, 0.1) is 0 Å². The van der Waals surface area contributed by atoms with Crippen LogP contribution in [0.3, 0.4) is 0 Å². The number of nitrogens with one attached hydrogen (secondary N) is 2. The zero-order valence-electron chi connectivity index (χ0n) is 10.8. The first-order valence-electron chi connectivity index (χ1n) is 5.95. The number of methoxy groups -OCH3 is 1. The molecule has 0 radical (unpaired) electrons. The Hall–Kier alpha value is -1.60. The molecule has 1 atom stereocenters. The van der Waals surface area contributed by atoms with Gasteiger partial charge in [0.15, 0.2) is 0 Å². The summed E-state index contributed by atoms with van der Waals surface area (Å²) in [6, 6.07) is 1.76. The summed E-state index contributed by atoms with van der Waals surface area (Å²) < 4.78 is 4.83. The Morgan fingerprint density at radius 1 is 1.39 bits per heavy atom. The SMILES string of the molecule is CCCNc1cc(NCC(O)COC)nc(N)n1. The summed E-state index contributed by atoms with van der Waals surface area (Å²) in [6.07, 6.45) is 0.414. The molecule has 102 valence electrons. The minimum Gasteiger partial charge on any atom is -0.389 e. The second-order valence-corrected chi connectivity index (χ2v) is 3.91. The molecule has 1 aromatic rings. The van der Waals surface area contributed by atoms with Gasteiger partial charge in [0.1, 0.15) is 11.6 Å². The molecule has 0 aliphatic carbocycles. The highest BCUT2D eigenvalue weighted by Crippen LogP contribution is 2.12. The monoisotopic (exact) mass is 255 g/mol. The van der Waals surface area contributed by atoms with Crippen LogP contribution in [0.5, 0.6) is 0 Å². The molecule has 0 spiro atoms. The van der Waals surface area contributed by atoms with Gasteiger partial charge in [0.2, 0.25) is 5.95 Å². The van der Waals surface area contributed by atoms with E-state index in [2.05, 4.69) is 27.5 Å². The van der Waals surface area contributed by atoms with Crippen molar-refractivity contribution in [1.29, 1.82) is 0 Å². The third kappa shape index (κ3) is 5.15. The third-order valence-electron chi connectivity index (χ3n) is 2.18. The van der Waals surface area contributed by atoms with Crippen molar-refractivity contribution in [2.45, 2.75) is 19.4 Å². The lowest BCUT2D eigenvalue weighted by Crippen LogP contribution is -2.24. The van der Waals surface area contributed by atoms with Gasteiger partial charge < -0.3 is 26.2 Å². The lowest BCUT2D eigenvalue weighted by molar-refractivity contribution is 0.0727. The van der Waals surface area contributed by atoms with Gasteiger partial charge in [-0.25, -0.2) is 0 Å². The van der Waals surface area contributed by atoms with Crippen molar-refractivity contribution in [2.75, 3.05) is 43.2 Å². The number of nitrogens with two attached hydrogens (primary N) is 1. The number of ether oxygens (including phenoxy) is 1. The van der Waals surface area contributed by atoms with Gasteiger partial charge in [0, 0.05) is 26.3 Å². The maximum atomic E-state index is 9.51. The average molecular weight is 255 g/mol. The van der Waals surface area contributed by atoms with Crippen LogP contribution in [-0.2, 0) is 4.74 Å². The summed E-state index contributed by atoms with van der Waals surface area (Å²) in [5, 5.41) is 15.6. The first kappa shape index (κ1) is 14.5. The summed E-state index contributed by atoms with van der Waals surface area (Å²) in [7, 11) is 1.54. The number of aromatic nitrogens is 2. The van der Waals surface area contributed by atoms with E-state index in [1.807, 2.05) is 0 Å². The van der Waals surface area contributed by atoms with Crippen LogP contribution in [0.2, 0.25) is 0 Å². The largest absolute Gasteiger partial charge is 0.389 e. The fourth-order valence-corrected chi connectivity index (χ4v) is 1.37. The fourth-order valence-electron chi connectivity index (χ4n) is 1.37. The molecule has 0 saturated carbocycles. The van der Waals surface area contributed by atoms with Crippen LogP contribution in [0.25, 0.3) is 0 Å². The van der Waals surface area contributed by atoms with Gasteiger partial charge in [-0.05, 0) is 6.42 Å². The number of aliphatic hydroxyl groups is 1. The molecule has 7 heteroatoms. The topological polar surface area (TPSA) is 105 Å². The van der Waals surface area contributed by atoms with Gasteiger partial charge in [-0.1, -0.05) is 6.92 Å². The third-order valence-corrected chi connectivity index (χ3v) is 2.18. The van der Waals surface area contributed by atoms with Crippen molar-refractivity contribution in [3.8, 4) is 0 Å². The number of aliphatic hydroxyl groups excluding tert-OH is 1. The Bertz CT molecular complexity index is 361. The Kier molecular flexibility index (Phi) is 6.16. The van der Waals surface area contributed by atoms with E-state index in [1.54, 1.807) is 13.2 Å². The van der Waals surface area contributed by atoms with E-state index in [0.29, 0.717) is 18.2 Å². The highest BCUT2D eigenvalue weighted by Gasteiger charge is 2.05. The fraction of sp³-hybridized carbons (Fsp3) is 0.636. The van der Waals surface area contributed by atoms with Gasteiger partial charge in [0.25, 0.3) is 0 Å². The molecule has 5 N–H and O–H groups in total. The van der Waals surface area contributed by atoms with Crippen molar-refractivity contribution in [3.63, 3.8) is 0 Å². The van der Waals surface area contributed by atoms with Crippen LogP contribution >= 0.6 is 0 Å².